The molecule has 2 aromatic rings. The van der Waals surface area contributed by atoms with Gasteiger partial charge >= 0.3 is 0 Å². The zero-order valence-corrected chi connectivity index (χ0v) is 16.2. The van der Waals surface area contributed by atoms with Gasteiger partial charge in [-0.2, -0.15) is 0 Å². The molecule has 0 saturated heterocycles. The quantitative estimate of drug-likeness (QED) is 0.510. The van der Waals surface area contributed by atoms with Crippen molar-refractivity contribution in [2.75, 3.05) is 0 Å². The van der Waals surface area contributed by atoms with E-state index in [9.17, 15) is 0 Å². The molecule has 2 heteroatoms. The minimum Gasteiger partial charge on any atom is -0.0574 e. The number of hydrogen-bond donors (Lipinski definition) is 0. The van der Waals surface area contributed by atoms with Gasteiger partial charge in [0.15, 0.2) is 0 Å². The van der Waals surface area contributed by atoms with Crippen LogP contribution in [0.4, 0.5) is 0 Å². The van der Waals surface area contributed by atoms with Gasteiger partial charge in [-0.05, 0) is 116 Å². The highest BCUT2D eigenvalue weighted by atomic mass is 127. The van der Waals surface area contributed by atoms with Gasteiger partial charge < -0.3 is 0 Å². The van der Waals surface area contributed by atoms with Gasteiger partial charge in [-0.15, -0.1) is 0 Å². The van der Waals surface area contributed by atoms with Crippen LogP contribution in [0.1, 0.15) is 11.1 Å². The third kappa shape index (κ3) is 0.842. The van der Waals surface area contributed by atoms with Gasteiger partial charge in [0, 0.05) is 18.0 Å². The summed E-state index contributed by atoms with van der Waals surface area (Å²) in [6.07, 6.45) is 0. The highest BCUT2D eigenvalue weighted by Crippen LogP contribution is 3.09. The molecule has 0 radical (unpaired) electrons. The zero-order chi connectivity index (χ0) is 14.4. The van der Waals surface area contributed by atoms with E-state index >= 15 is 0 Å². The summed E-state index contributed by atoms with van der Waals surface area (Å²) in [5.74, 6) is 6.20. The van der Waals surface area contributed by atoms with Gasteiger partial charge in [-0.25, -0.2) is 0 Å². The number of halogens is 2. The Balaban J connectivity index is 1.30. The van der Waals surface area contributed by atoms with E-state index in [0.29, 0.717) is 10.8 Å². The molecule has 0 amide bonds. The molecular formula is C20H14I2. The number of hydrogen-bond acceptors (Lipinski definition) is 0. The summed E-state index contributed by atoms with van der Waals surface area (Å²) < 4.78 is 2.74. The van der Waals surface area contributed by atoms with Gasteiger partial charge in [0.25, 0.3) is 0 Å². The maximum atomic E-state index is 2.43. The fraction of sp³-hybridized carbons (Fsp3) is 0.400. The molecule has 0 spiro atoms. The molecule has 0 aliphatic heterocycles. The molecule has 0 nitrogen and oxygen atoms in total. The molecule has 0 aromatic heterocycles. The van der Waals surface area contributed by atoms with Crippen LogP contribution in [-0.4, -0.2) is 0 Å². The molecule has 0 heterocycles. The van der Waals surface area contributed by atoms with Gasteiger partial charge in [0.05, 0.1) is 0 Å². The average Bonchev–Trinajstić information content (AvgIpc) is 2.56. The van der Waals surface area contributed by atoms with Gasteiger partial charge in [0.2, 0.25) is 0 Å². The maximum absolute atomic E-state index is 2.43. The van der Waals surface area contributed by atoms with Crippen LogP contribution in [0, 0.1) is 42.6 Å². The lowest BCUT2D eigenvalue weighted by Crippen LogP contribution is -3.12. The SMILES string of the molecule is Ic1ccc(C23C4C5C2C2C3C4C52c2ccc(I)cc2)cc1. The molecule has 6 fully saturated rings. The lowest BCUT2D eigenvalue weighted by atomic mass is 8.91. The molecule has 0 unspecified atom stereocenters. The van der Waals surface area contributed by atoms with E-state index in [0.717, 1.165) is 35.5 Å². The number of rotatable bonds is 2. The first-order chi connectivity index (χ1) is 10.7. The summed E-state index contributed by atoms with van der Waals surface area (Å²) in [6.45, 7) is 0. The van der Waals surface area contributed by atoms with Crippen LogP contribution in [0.2, 0.25) is 0 Å². The van der Waals surface area contributed by atoms with Gasteiger partial charge in [0.1, 0.15) is 0 Å². The summed E-state index contributed by atoms with van der Waals surface area (Å²) in [5, 5.41) is 0. The van der Waals surface area contributed by atoms with Crippen LogP contribution in [-0.2, 0) is 10.8 Å². The molecule has 6 aliphatic carbocycles. The van der Waals surface area contributed by atoms with Crippen LogP contribution >= 0.6 is 45.2 Å². The van der Waals surface area contributed by atoms with Crippen molar-refractivity contribution in [3.63, 3.8) is 0 Å². The Hall–Kier alpha value is -0.100. The van der Waals surface area contributed by atoms with Crippen molar-refractivity contribution in [3.05, 3.63) is 66.8 Å². The highest BCUT2D eigenvalue weighted by Gasteiger charge is 3.09. The lowest BCUT2D eigenvalue weighted by molar-refractivity contribution is -0.596. The summed E-state index contributed by atoms with van der Waals surface area (Å²) in [5.41, 5.74) is 4.64. The average molecular weight is 508 g/mol. The second-order valence-corrected chi connectivity index (χ2v) is 10.5. The van der Waals surface area contributed by atoms with Crippen molar-refractivity contribution in [2.45, 2.75) is 10.8 Å². The predicted molar refractivity (Wildman–Crippen MR) is 103 cm³/mol. The highest BCUT2D eigenvalue weighted by molar-refractivity contribution is 14.1. The molecule has 0 N–H and O–H groups in total. The zero-order valence-electron chi connectivity index (χ0n) is 11.8. The largest absolute Gasteiger partial charge is 0.0574 e. The Kier molecular flexibility index (Phi) is 1.86. The van der Waals surface area contributed by atoms with E-state index in [2.05, 4.69) is 93.7 Å². The molecule has 6 saturated carbocycles. The molecule has 0 atom stereocenters. The second-order valence-electron chi connectivity index (χ2n) is 8.03. The van der Waals surface area contributed by atoms with E-state index in [4.69, 9.17) is 0 Å². The summed E-state index contributed by atoms with van der Waals surface area (Å²) in [6, 6.07) is 19.0. The Morgan fingerprint density at radius 1 is 0.500 bits per heavy atom. The smallest absolute Gasteiger partial charge is 0.0130 e. The fourth-order valence-electron chi connectivity index (χ4n) is 8.16. The summed E-state index contributed by atoms with van der Waals surface area (Å²) in [7, 11) is 0. The van der Waals surface area contributed by atoms with Crippen LogP contribution < -0.4 is 0 Å². The van der Waals surface area contributed by atoms with E-state index < -0.39 is 0 Å². The standard InChI is InChI=1S/C20H14I2/c21-11-5-1-9(2-6-11)19-13-16-14(19)18-15(19)17(13)20(16,18)10-3-7-12(22)8-4-10/h1-8,13-18H. The third-order valence-corrected chi connectivity index (χ3v) is 9.76. The molecule has 2 aromatic carbocycles. The van der Waals surface area contributed by atoms with Crippen LogP contribution in [0.15, 0.2) is 48.5 Å². The first-order valence-corrected chi connectivity index (χ1v) is 10.4. The van der Waals surface area contributed by atoms with Crippen molar-refractivity contribution in [1.82, 2.24) is 0 Å². The van der Waals surface area contributed by atoms with Crippen molar-refractivity contribution >= 4 is 45.2 Å². The van der Waals surface area contributed by atoms with Crippen molar-refractivity contribution < 1.29 is 0 Å². The maximum Gasteiger partial charge on any atom is 0.0130 e. The summed E-state index contributed by atoms with van der Waals surface area (Å²) in [4.78, 5) is 0. The molecule has 6 aliphatic rings. The number of benzene rings is 2. The third-order valence-electron chi connectivity index (χ3n) is 8.32. The van der Waals surface area contributed by atoms with Gasteiger partial charge in [-0.3, -0.25) is 0 Å². The normalized spacial score (nSPS) is 53.4. The minimum atomic E-state index is 0.648. The van der Waals surface area contributed by atoms with Crippen LogP contribution in [0.5, 0.6) is 0 Å². The summed E-state index contributed by atoms with van der Waals surface area (Å²) >= 11 is 4.85. The van der Waals surface area contributed by atoms with E-state index in [-0.39, 0.29) is 0 Å². The first-order valence-electron chi connectivity index (χ1n) is 8.25. The van der Waals surface area contributed by atoms with Crippen molar-refractivity contribution in [3.8, 4) is 0 Å². The Bertz CT molecular complexity index is 721. The van der Waals surface area contributed by atoms with Gasteiger partial charge in [-0.1, -0.05) is 24.3 Å². The topological polar surface area (TPSA) is 0 Å². The van der Waals surface area contributed by atoms with Crippen LogP contribution in [0.25, 0.3) is 0 Å². The minimum absolute atomic E-state index is 0.648. The van der Waals surface area contributed by atoms with Crippen LogP contribution in [0.3, 0.4) is 0 Å². The Labute approximate surface area is 157 Å². The van der Waals surface area contributed by atoms with E-state index in [1.54, 1.807) is 11.1 Å². The Morgan fingerprint density at radius 2 is 0.773 bits per heavy atom. The molecule has 0 bridgehead atoms. The van der Waals surface area contributed by atoms with E-state index in [1.165, 1.54) is 7.14 Å². The Morgan fingerprint density at radius 3 is 1.05 bits per heavy atom. The first kappa shape index (κ1) is 12.3. The predicted octanol–water partition coefficient (Wildman–Crippen LogP) is 4.84. The fourth-order valence-corrected chi connectivity index (χ4v) is 8.88. The molecule has 22 heavy (non-hydrogen) atoms. The van der Waals surface area contributed by atoms with E-state index in [1.807, 2.05) is 0 Å². The van der Waals surface area contributed by atoms with Crippen molar-refractivity contribution in [1.29, 1.82) is 0 Å². The second kappa shape index (κ2) is 3.32. The van der Waals surface area contributed by atoms with Crippen molar-refractivity contribution in [2.24, 2.45) is 35.5 Å². The molecule has 8 rings (SSSR count). The molecule has 108 valence electrons. The monoisotopic (exact) mass is 508 g/mol. The molecular weight excluding hydrogens is 494 g/mol. The lowest BCUT2D eigenvalue weighted by Gasteiger charge is -3.12.